The molecule has 0 amide bonds. The summed E-state index contributed by atoms with van der Waals surface area (Å²) in [6, 6.07) is 10.1. The third kappa shape index (κ3) is 3.55. The van der Waals surface area contributed by atoms with Crippen molar-refractivity contribution < 1.29 is 14.6 Å². The van der Waals surface area contributed by atoms with E-state index in [1.54, 1.807) is 14.2 Å². The number of hydrogen-bond acceptors (Lipinski definition) is 3. The number of aliphatic hydroxyl groups excluding tert-OH is 1. The van der Waals surface area contributed by atoms with E-state index < -0.39 is 0 Å². The van der Waals surface area contributed by atoms with Crippen LogP contribution in [0.15, 0.2) is 30.3 Å². The van der Waals surface area contributed by atoms with Crippen LogP contribution in [0.5, 0.6) is 0 Å². The van der Waals surface area contributed by atoms with Crippen LogP contribution in [-0.2, 0) is 9.47 Å². The third-order valence-corrected chi connectivity index (χ3v) is 3.50. The van der Waals surface area contributed by atoms with E-state index in [2.05, 4.69) is 19.1 Å². The lowest BCUT2D eigenvalue weighted by atomic mass is 9.86. The summed E-state index contributed by atoms with van der Waals surface area (Å²) in [5.74, 6) is 0.260. The van der Waals surface area contributed by atoms with Gasteiger partial charge in [-0.2, -0.15) is 0 Å². The average Bonchev–Trinajstić information content (AvgIpc) is 2.41. The molecule has 102 valence electrons. The van der Waals surface area contributed by atoms with Crippen LogP contribution in [0, 0.1) is 11.8 Å². The van der Waals surface area contributed by atoms with Crippen LogP contribution in [0.1, 0.15) is 25.5 Å². The molecule has 0 unspecified atom stereocenters. The average molecular weight is 252 g/mol. The molecule has 1 rings (SSSR count). The van der Waals surface area contributed by atoms with Gasteiger partial charge < -0.3 is 14.6 Å². The van der Waals surface area contributed by atoms with Crippen molar-refractivity contribution in [3.63, 3.8) is 0 Å². The Morgan fingerprint density at radius 3 is 2.11 bits per heavy atom. The van der Waals surface area contributed by atoms with E-state index >= 15 is 0 Å². The summed E-state index contributed by atoms with van der Waals surface area (Å²) < 4.78 is 11.1. The highest BCUT2D eigenvalue weighted by atomic mass is 16.5. The fourth-order valence-electron chi connectivity index (χ4n) is 2.54. The van der Waals surface area contributed by atoms with Crippen molar-refractivity contribution >= 4 is 0 Å². The molecule has 0 aliphatic carbocycles. The molecule has 1 N–H and O–H groups in total. The Kier molecular flexibility index (Phi) is 6.33. The molecule has 4 atom stereocenters. The van der Waals surface area contributed by atoms with Crippen LogP contribution in [0.2, 0.25) is 0 Å². The molecule has 1 aromatic rings. The molecule has 3 heteroatoms. The molecule has 18 heavy (non-hydrogen) atoms. The maximum absolute atomic E-state index is 9.29. The summed E-state index contributed by atoms with van der Waals surface area (Å²) in [4.78, 5) is 0. The molecule has 0 saturated carbocycles. The van der Waals surface area contributed by atoms with Crippen molar-refractivity contribution in [3.05, 3.63) is 35.9 Å². The smallest absolute Gasteiger partial charge is 0.0871 e. The van der Waals surface area contributed by atoms with Crippen molar-refractivity contribution in [2.75, 3.05) is 20.8 Å². The van der Waals surface area contributed by atoms with Crippen LogP contribution < -0.4 is 0 Å². The Labute approximate surface area is 110 Å². The van der Waals surface area contributed by atoms with Crippen molar-refractivity contribution in [2.45, 2.75) is 26.1 Å². The predicted molar refractivity (Wildman–Crippen MR) is 72.4 cm³/mol. The van der Waals surface area contributed by atoms with Gasteiger partial charge in [-0.1, -0.05) is 44.2 Å². The summed E-state index contributed by atoms with van der Waals surface area (Å²) in [5.41, 5.74) is 1.14. The van der Waals surface area contributed by atoms with Gasteiger partial charge in [-0.15, -0.1) is 0 Å². The number of hydrogen-bond donors (Lipinski definition) is 1. The summed E-state index contributed by atoms with van der Waals surface area (Å²) in [6.45, 7) is 4.21. The number of rotatable bonds is 7. The summed E-state index contributed by atoms with van der Waals surface area (Å²) in [6.07, 6.45) is -0.0506. The molecule has 0 saturated heterocycles. The van der Waals surface area contributed by atoms with Gasteiger partial charge in [-0.25, -0.2) is 0 Å². The normalized spacial score (nSPS) is 18.1. The van der Waals surface area contributed by atoms with E-state index in [1.165, 1.54) is 0 Å². The van der Waals surface area contributed by atoms with E-state index in [1.807, 2.05) is 25.1 Å². The van der Waals surface area contributed by atoms with Gasteiger partial charge in [0.15, 0.2) is 0 Å². The fourth-order valence-corrected chi connectivity index (χ4v) is 2.54. The lowest BCUT2D eigenvalue weighted by molar-refractivity contribution is -0.0593. The molecular formula is C15H24O3. The maximum Gasteiger partial charge on any atom is 0.0871 e. The third-order valence-electron chi connectivity index (χ3n) is 3.50. The molecule has 0 bridgehead atoms. The highest BCUT2D eigenvalue weighted by Gasteiger charge is 2.30. The second-order valence-electron chi connectivity index (χ2n) is 4.79. The molecule has 1 aromatic carbocycles. The summed E-state index contributed by atoms with van der Waals surface area (Å²) >= 11 is 0. The van der Waals surface area contributed by atoms with Gasteiger partial charge in [0, 0.05) is 32.7 Å². The number of ether oxygens (including phenoxy) is 2. The zero-order valence-corrected chi connectivity index (χ0v) is 11.7. The monoisotopic (exact) mass is 252 g/mol. The van der Waals surface area contributed by atoms with Crippen LogP contribution in [0.25, 0.3) is 0 Å². The minimum atomic E-state index is -0.0276. The van der Waals surface area contributed by atoms with Crippen LogP contribution >= 0.6 is 0 Å². The van der Waals surface area contributed by atoms with Gasteiger partial charge in [0.05, 0.1) is 12.2 Å². The van der Waals surface area contributed by atoms with E-state index in [9.17, 15) is 5.11 Å². The number of aliphatic hydroxyl groups is 1. The minimum absolute atomic E-state index is 0.0230. The van der Waals surface area contributed by atoms with Gasteiger partial charge in [-0.3, -0.25) is 0 Å². The molecule has 0 fully saturated rings. The second-order valence-corrected chi connectivity index (χ2v) is 4.79. The zero-order valence-electron chi connectivity index (χ0n) is 11.7. The molecule has 0 aromatic heterocycles. The molecule has 3 nitrogen and oxygen atoms in total. The molecule has 0 radical (unpaired) electrons. The second kappa shape index (κ2) is 7.52. The minimum Gasteiger partial charge on any atom is -0.396 e. The highest BCUT2D eigenvalue weighted by Crippen LogP contribution is 2.31. The molecule has 0 heterocycles. The predicted octanol–water partition coefficient (Wildman–Crippen LogP) is 2.65. The Hall–Kier alpha value is -0.900. The lowest BCUT2D eigenvalue weighted by Gasteiger charge is -2.32. The van der Waals surface area contributed by atoms with E-state index in [-0.39, 0.29) is 30.7 Å². The van der Waals surface area contributed by atoms with Gasteiger partial charge >= 0.3 is 0 Å². The Morgan fingerprint density at radius 2 is 1.67 bits per heavy atom. The topological polar surface area (TPSA) is 38.7 Å². The first-order chi connectivity index (χ1) is 8.65. The largest absolute Gasteiger partial charge is 0.396 e. The molecule has 0 aliphatic rings. The Balaban J connectivity index is 2.87. The maximum atomic E-state index is 9.29. The quantitative estimate of drug-likeness (QED) is 0.811. The van der Waals surface area contributed by atoms with Gasteiger partial charge in [0.2, 0.25) is 0 Å². The fraction of sp³-hybridized carbons (Fsp3) is 0.600. The Morgan fingerprint density at radius 1 is 1.06 bits per heavy atom. The highest BCUT2D eigenvalue weighted by molar-refractivity contribution is 5.18. The molecule has 0 aliphatic heterocycles. The van der Waals surface area contributed by atoms with Crippen molar-refractivity contribution in [2.24, 2.45) is 11.8 Å². The van der Waals surface area contributed by atoms with Crippen molar-refractivity contribution in [3.8, 4) is 0 Å². The lowest BCUT2D eigenvalue weighted by Crippen LogP contribution is -2.34. The van der Waals surface area contributed by atoms with E-state index in [0.717, 1.165) is 5.56 Å². The standard InChI is InChI=1S/C15H24O3/c1-11(10-16)14(17-3)12(2)15(18-4)13-8-6-5-7-9-13/h5-9,11-12,14-16H,10H2,1-4H3/t11-,12-,14+,15+/m1/s1. The van der Waals surface area contributed by atoms with E-state index in [0.29, 0.717) is 0 Å². The molecular weight excluding hydrogens is 228 g/mol. The first kappa shape index (κ1) is 15.2. The molecule has 0 spiro atoms. The van der Waals surface area contributed by atoms with E-state index in [4.69, 9.17) is 9.47 Å². The Bertz CT molecular complexity index is 326. The number of benzene rings is 1. The van der Waals surface area contributed by atoms with Crippen molar-refractivity contribution in [1.82, 2.24) is 0 Å². The van der Waals surface area contributed by atoms with Crippen molar-refractivity contribution in [1.29, 1.82) is 0 Å². The van der Waals surface area contributed by atoms with Gasteiger partial charge in [-0.05, 0) is 5.56 Å². The van der Waals surface area contributed by atoms with Crippen LogP contribution in [-0.4, -0.2) is 32.0 Å². The first-order valence-corrected chi connectivity index (χ1v) is 6.37. The summed E-state index contributed by atoms with van der Waals surface area (Å²) in [7, 11) is 3.40. The number of methoxy groups -OCH3 is 2. The summed E-state index contributed by atoms with van der Waals surface area (Å²) in [5, 5.41) is 9.29. The SMILES string of the molecule is CO[C@H]([C@@H](C)[C@H](OC)c1ccccc1)[C@H](C)CO. The van der Waals surface area contributed by atoms with Crippen LogP contribution in [0.3, 0.4) is 0 Å². The van der Waals surface area contributed by atoms with Gasteiger partial charge in [0.25, 0.3) is 0 Å². The van der Waals surface area contributed by atoms with Crippen LogP contribution in [0.4, 0.5) is 0 Å². The first-order valence-electron chi connectivity index (χ1n) is 6.37. The zero-order chi connectivity index (χ0) is 13.5. The van der Waals surface area contributed by atoms with Gasteiger partial charge in [0.1, 0.15) is 0 Å².